The first-order valence-corrected chi connectivity index (χ1v) is 5.17. The summed E-state index contributed by atoms with van der Waals surface area (Å²) >= 11 is 5.80. The first kappa shape index (κ1) is 11.7. The van der Waals surface area contributed by atoms with Crippen molar-refractivity contribution in [1.29, 1.82) is 0 Å². The third kappa shape index (κ3) is 2.34. The Kier molecular flexibility index (Phi) is 3.21. The Morgan fingerprint density at radius 3 is 2.59 bits per heavy atom. The Bertz CT molecular complexity index is 463. The maximum absolute atomic E-state index is 11.2. The fraction of sp³-hybridized carbons (Fsp3) is 0.333. The van der Waals surface area contributed by atoms with E-state index in [4.69, 9.17) is 11.6 Å². The maximum Gasteiger partial charge on any atom is 0.246 e. The quantitative estimate of drug-likeness (QED) is 0.525. The topological polar surface area (TPSA) is 95.4 Å². The van der Waals surface area contributed by atoms with E-state index >= 15 is 0 Å². The van der Waals surface area contributed by atoms with Crippen LogP contribution in [0, 0.1) is 0 Å². The molecule has 0 unspecified atom stereocenters. The number of aliphatic hydroxyl groups is 1. The lowest BCUT2D eigenvalue weighted by Crippen LogP contribution is -2.52. The highest BCUT2D eigenvalue weighted by atomic mass is 35.5. The lowest BCUT2D eigenvalue weighted by atomic mass is 10.2. The maximum atomic E-state index is 11.2. The number of rotatable bonds is 2. The summed E-state index contributed by atoms with van der Waals surface area (Å²) in [6, 6.07) is 0. The molecule has 1 fully saturated rings. The van der Waals surface area contributed by atoms with Gasteiger partial charge in [0.2, 0.25) is 11.8 Å². The van der Waals surface area contributed by atoms with Gasteiger partial charge in [0.05, 0.1) is 25.3 Å². The van der Waals surface area contributed by atoms with Crippen LogP contribution >= 0.6 is 11.6 Å². The van der Waals surface area contributed by atoms with Gasteiger partial charge in [-0.05, 0) is 0 Å². The van der Waals surface area contributed by atoms with Crippen LogP contribution in [0.3, 0.4) is 0 Å². The molecule has 0 radical (unpaired) electrons. The van der Waals surface area contributed by atoms with E-state index in [9.17, 15) is 14.7 Å². The molecule has 0 aromatic carbocycles. The van der Waals surface area contributed by atoms with Crippen LogP contribution in [0.15, 0.2) is 6.33 Å². The number of halogens is 1. The molecule has 0 saturated carbocycles. The number of anilines is 1. The van der Waals surface area contributed by atoms with Crippen molar-refractivity contribution in [2.24, 2.45) is 0 Å². The summed E-state index contributed by atoms with van der Waals surface area (Å²) in [5, 5.41) is 11.5. The van der Waals surface area contributed by atoms with Gasteiger partial charge in [0.15, 0.2) is 0 Å². The molecule has 0 aliphatic carbocycles. The largest absolute Gasteiger partial charge is 0.391 e. The number of aliphatic hydroxyl groups excluding tert-OH is 1. The zero-order chi connectivity index (χ0) is 12.4. The van der Waals surface area contributed by atoms with Crippen molar-refractivity contribution in [3.05, 3.63) is 17.0 Å². The molecule has 90 valence electrons. The highest BCUT2D eigenvalue weighted by Gasteiger charge is 2.26. The molecule has 1 aliphatic heterocycles. The second kappa shape index (κ2) is 4.64. The minimum atomic E-state index is -0.417. The Labute approximate surface area is 101 Å². The van der Waals surface area contributed by atoms with Gasteiger partial charge in [0.1, 0.15) is 17.3 Å². The summed E-state index contributed by atoms with van der Waals surface area (Å²) in [5.74, 6) is -0.532. The molecule has 2 amide bonds. The predicted molar refractivity (Wildman–Crippen MR) is 58.3 cm³/mol. The van der Waals surface area contributed by atoms with E-state index in [-0.39, 0.29) is 24.8 Å². The van der Waals surface area contributed by atoms with Crippen molar-refractivity contribution in [3.8, 4) is 0 Å². The van der Waals surface area contributed by atoms with Crippen LogP contribution in [0.1, 0.15) is 5.56 Å². The van der Waals surface area contributed by atoms with Gasteiger partial charge < -0.3 is 10.0 Å². The van der Waals surface area contributed by atoms with Gasteiger partial charge in [-0.25, -0.2) is 9.97 Å². The van der Waals surface area contributed by atoms with Gasteiger partial charge in [-0.1, -0.05) is 11.6 Å². The molecule has 0 atom stereocenters. The number of carbonyl (C=O) groups is 2. The number of nitrogens with zero attached hydrogens (tertiary/aromatic N) is 3. The van der Waals surface area contributed by atoms with E-state index < -0.39 is 11.8 Å². The highest BCUT2D eigenvalue weighted by molar-refractivity contribution is 6.30. The van der Waals surface area contributed by atoms with Gasteiger partial charge in [-0.3, -0.25) is 14.9 Å². The van der Waals surface area contributed by atoms with E-state index in [0.717, 1.165) is 0 Å². The molecule has 7 nitrogen and oxygen atoms in total. The predicted octanol–water partition coefficient (Wildman–Crippen LogP) is -0.915. The minimum Gasteiger partial charge on any atom is -0.391 e. The second-order valence-electron chi connectivity index (χ2n) is 3.45. The van der Waals surface area contributed by atoms with Crippen LogP contribution in [0.25, 0.3) is 0 Å². The normalized spacial score (nSPS) is 16.0. The number of amides is 2. The summed E-state index contributed by atoms with van der Waals surface area (Å²) < 4.78 is 0. The molecule has 2 rings (SSSR count). The van der Waals surface area contributed by atoms with E-state index in [1.807, 2.05) is 0 Å². The van der Waals surface area contributed by atoms with Gasteiger partial charge in [0.25, 0.3) is 0 Å². The average Bonchev–Trinajstić information content (AvgIpc) is 2.27. The molecule has 1 aromatic rings. The third-order valence-electron chi connectivity index (χ3n) is 2.28. The van der Waals surface area contributed by atoms with Gasteiger partial charge in [0, 0.05) is 0 Å². The third-order valence-corrected chi connectivity index (χ3v) is 2.60. The molecular formula is C9H9ClN4O3. The molecule has 0 spiro atoms. The van der Waals surface area contributed by atoms with Crippen LogP contribution in [-0.4, -0.2) is 40.0 Å². The molecule has 2 heterocycles. The van der Waals surface area contributed by atoms with E-state index in [1.165, 1.54) is 11.2 Å². The first-order chi connectivity index (χ1) is 8.11. The van der Waals surface area contributed by atoms with Crippen LogP contribution < -0.4 is 10.2 Å². The van der Waals surface area contributed by atoms with Crippen LogP contribution in [0.5, 0.6) is 0 Å². The molecule has 17 heavy (non-hydrogen) atoms. The second-order valence-corrected chi connectivity index (χ2v) is 3.81. The lowest BCUT2D eigenvalue weighted by molar-refractivity contribution is -0.130. The van der Waals surface area contributed by atoms with Crippen LogP contribution in [-0.2, 0) is 16.2 Å². The first-order valence-electron chi connectivity index (χ1n) is 4.79. The molecular weight excluding hydrogens is 248 g/mol. The van der Waals surface area contributed by atoms with E-state index in [0.29, 0.717) is 11.4 Å². The number of piperazine rings is 1. The molecule has 1 aliphatic rings. The van der Waals surface area contributed by atoms with Gasteiger partial charge >= 0.3 is 0 Å². The standard InChI is InChI=1S/C9H9ClN4O3/c10-8-5(3-15)9(12-4-11-8)14-1-6(16)13-7(17)2-14/h4,15H,1-3H2,(H,13,16,17). The number of hydrogen-bond donors (Lipinski definition) is 2. The fourth-order valence-electron chi connectivity index (χ4n) is 1.58. The van der Waals surface area contributed by atoms with Crippen molar-refractivity contribution in [2.45, 2.75) is 6.61 Å². The number of nitrogens with one attached hydrogen (secondary N) is 1. The summed E-state index contributed by atoms with van der Waals surface area (Å²) in [5.41, 5.74) is 0.302. The lowest BCUT2D eigenvalue weighted by Gasteiger charge is -2.27. The molecule has 8 heteroatoms. The van der Waals surface area contributed by atoms with Gasteiger partial charge in [-0.15, -0.1) is 0 Å². The Balaban J connectivity index is 2.36. The molecule has 2 N–H and O–H groups in total. The zero-order valence-corrected chi connectivity index (χ0v) is 9.44. The summed E-state index contributed by atoms with van der Waals surface area (Å²) in [4.78, 5) is 31.6. The number of hydrogen-bond acceptors (Lipinski definition) is 6. The number of aromatic nitrogens is 2. The average molecular weight is 257 g/mol. The highest BCUT2D eigenvalue weighted by Crippen LogP contribution is 2.23. The van der Waals surface area contributed by atoms with Gasteiger partial charge in [-0.2, -0.15) is 0 Å². The van der Waals surface area contributed by atoms with Crippen molar-refractivity contribution in [3.63, 3.8) is 0 Å². The summed E-state index contributed by atoms with van der Waals surface area (Å²) in [6.07, 6.45) is 1.22. The minimum absolute atomic E-state index is 0.00785. The summed E-state index contributed by atoms with van der Waals surface area (Å²) in [6.45, 7) is -0.376. The Hall–Kier alpha value is -1.73. The number of carbonyl (C=O) groups excluding carboxylic acids is 2. The van der Waals surface area contributed by atoms with Crippen LogP contribution in [0.4, 0.5) is 5.82 Å². The SMILES string of the molecule is O=C1CN(c2ncnc(Cl)c2CO)CC(=O)N1. The zero-order valence-electron chi connectivity index (χ0n) is 8.68. The van der Waals surface area contributed by atoms with Crippen molar-refractivity contribution >= 4 is 29.2 Å². The van der Waals surface area contributed by atoms with E-state index in [1.54, 1.807) is 0 Å². The van der Waals surface area contributed by atoms with Crippen molar-refractivity contribution < 1.29 is 14.7 Å². The molecule has 0 bridgehead atoms. The smallest absolute Gasteiger partial charge is 0.246 e. The monoisotopic (exact) mass is 256 g/mol. The summed E-state index contributed by atoms with van der Waals surface area (Å²) in [7, 11) is 0. The van der Waals surface area contributed by atoms with Crippen LogP contribution in [0.2, 0.25) is 5.15 Å². The Morgan fingerprint density at radius 2 is 2.00 bits per heavy atom. The molecule has 1 saturated heterocycles. The Morgan fingerprint density at radius 1 is 1.35 bits per heavy atom. The van der Waals surface area contributed by atoms with Crippen molar-refractivity contribution in [2.75, 3.05) is 18.0 Å². The molecule has 1 aromatic heterocycles. The fourth-order valence-corrected chi connectivity index (χ4v) is 1.77. The number of imide groups is 1. The van der Waals surface area contributed by atoms with Crippen molar-refractivity contribution in [1.82, 2.24) is 15.3 Å². The van der Waals surface area contributed by atoms with E-state index in [2.05, 4.69) is 15.3 Å².